The Bertz CT molecular complexity index is 19.1. The van der Waals surface area contributed by atoms with Crippen molar-refractivity contribution in [1.82, 2.24) is 0 Å². The molecular formula is CH2NaS4. The summed E-state index contributed by atoms with van der Waals surface area (Å²) >= 11 is 0. The Morgan fingerprint density at radius 1 is 1.00 bits per heavy atom. The van der Waals surface area contributed by atoms with Gasteiger partial charge in [-0.25, -0.2) is 0 Å². The molecule has 1 fully saturated rings. The van der Waals surface area contributed by atoms with Gasteiger partial charge in [0.2, 0.25) is 0 Å². The molecular weight excluding hydrogens is 163 g/mol. The van der Waals surface area contributed by atoms with Gasteiger partial charge in [-0.05, 0) is 19.7 Å². The normalized spacial score (nSPS) is 20.0. The van der Waals surface area contributed by atoms with Crippen LogP contribution in [-0.2, 0) is 0 Å². The van der Waals surface area contributed by atoms with E-state index in [-0.39, 0.29) is 29.6 Å². The second-order valence-electron chi connectivity index (χ2n) is 0.490. The molecule has 1 heterocycles. The molecule has 0 nitrogen and oxygen atoms in total. The molecule has 0 bridgehead atoms. The molecule has 6 heavy (non-hydrogen) atoms. The Morgan fingerprint density at radius 2 is 1.50 bits per heavy atom. The SMILES string of the molecule is C1SSSS1.[Na]. The third-order valence-corrected chi connectivity index (χ3v) is 7.45. The Kier molecular flexibility index (Phi) is 7.75. The second kappa shape index (κ2) is 5.54. The summed E-state index contributed by atoms with van der Waals surface area (Å²) in [5, 5.41) is 1.26. The van der Waals surface area contributed by atoms with E-state index in [4.69, 9.17) is 0 Å². The first-order valence-electron chi connectivity index (χ1n) is 1.08. The Hall–Kier alpha value is 2.40. The maximum Gasteiger partial charge on any atom is 0.0616 e. The fourth-order valence-electron chi connectivity index (χ4n) is 0.0982. The quantitative estimate of drug-likeness (QED) is 0.398. The second-order valence-corrected chi connectivity index (χ2v) is 6.86. The van der Waals surface area contributed by atoms with Crippen LogP contribution in [0.15, 0.2) is 0 Å². The van der Waals surface area contributed by atoms with Crippen molar-refractivity contribution >= 4 is 70.8 Å². The summed E-state index contributed by atoms with van der Waals surface area (Å²) in [4.78, 5) is 0. The van der Waals surface area contributed by atoms with Crippen molar-refractivity contribution in [3.63, 3.8) is 0 Å². The van der Waals surface area contributed by atoms with Crippen LogP contribution in [0.1, 0.15) is 0 Å². The molecule has 0 atom stereocenters. The average Bonchev–Trinajstić information content (AvgIpc) is 1.76. The van der Waals surface area contributed by atoms with Crippen LogP contribution in [0.3, 0.4) is 0 Å². The van der Waals surface area contributed by atoms with E-state index in [0.717, 1.165) is 0 Å². The molecule has 0 spiro atoms. The molecule has 1 radical (unpaired) electrons. The Labute approximate surface area is 74.8 Å². The zero-order chi connectivity index (χ0) is 3.54. The molecule has 5 heteroatoms. The zero-order valence-corrected chi connectivity index (χ0v) is 8.61. The maximum absolute atomic E-state index is 1.92. The minimum Gasteiger partial charge on any atom is -0.0698 e. The van der Waals surface area contributed by atoms with Crippen molar-refractivity contribution in [2.75, 3.05) is 5.08 Å². The van der Waals surface area contributed by atoms with Crippen molar-refractivity contribution in [2.24, 2.45) is 0 Å². The van der Waals surface area contributed by atoms with Gasteiger partial charge < -0.3 is 0 Å². The maximum atomic E-state index is 1.92. The van der Waals surface area contributed by atoms with Crippen LogP contribution < -0.4 is 0 Å². The minimum absolute atomic E-state index is 0. The number of hydrogen-bond donors (Lipinski definition) is 0. The third kappa shape index (κ3) is 3.41. The van der Waals surface area contributed by atoms with E-state index in [1.807, 2.05) is 41.2 Å². The van der Waals surface area contributed by atoms with E-state index in [2.05, 4.69) is 0 Å². The summed E-state index contributed by atoms with van der Waals surface area (Å²) in [6.07, 6.45) is 0. The van der Waals surface area contributed by atoms with Gasteiger partial charge in [0.05, 0.1) is 5.08 Å². The predicted molar refractivity (Wildman–Crippen MR) is 41.0 cm³/mol. The van der Waals surface area contributed by atoms with Crippen molar-refractivity contribution in [3.05, 3.63) is 0 Å². The van der Waals surface area contributed by atoms with Crippen molar-refractivity contribution in [2.45, 2.75) is 0 Å². The van der Waals surface area contributed by atoms with Gasteiger partial charge in [-0.1, -0.05) is 21.6 Å². The minimum atomic E-state index is 0. The van der Waals surface area contributed by atoms with E-state index < -0.39 is 0 Å². The van der Waals surface area contributed by atoms with Crippen LogP contribution >= 0.6 is 41.2 Å². The molecule has 0 aromatic rings. The molecule has 1 aliphatic heterocycles. The smallest absolute Gasteiger partial charge is 0.0616 e. The molecule has 0 aliphatic carbocycles. The van der Waals surface area contributed by atoms with Crippen LogP contribution in [0, 0.1) is 0 Å². The molecule has 0 amide bonds. The van der Waals surface area contributed by atoms with Crippen LogP contribution in [0.25, 0.3) is 0 Å². The Balaban J connectivity index is 0.000000250. The molecule has 1 aliphatic rings. The predicted octanol–water partition coefficient (Wildman–Crippen LogP) is 2.25. The van der Waals surface area contributed by atoms with Crippen LogP contribution in [0.2, 0.25) is 0 Å². The first-order valence-corrected chi connectivity index (χ1v) is 6.23. The van der Waals surface area contributed by atoms with Gasteiger partial charge in [0, 0.05) is 29.6 Å². The van der Waals surface area contributed by atoms with Gasteiger partial charge in [0.25, 0.3) is 0 Å². The fraction of sp³-hybridized carbons (Fsp3) is 1.00. The van der Waals surface area contributed by atoms with Crippen LogP contribution in [0.5, 0.6) is 0 Å². The van der Waals surface area contributed by atoms with Gasteiger partial charge in [-0.15, -0.1) is 0 Å². The summed E-state index contributed by atoms with van der Waals surface area (Å²) in [7, 11) is 7.57. The Morgan fingerprint density at radius 3 is 1.67 bits per heavy atom. The standard InChI is InChI=1S/CH2S4.Na/c1-2-4-5-3-1;/h1H2;. The monoisotopic (exact) mass is 165 g/mol. The van der Waals surface area contributed by atoms with Gasteiger partial charge >= 0.3 is 0 Å². The summed E-state index contributed by atoms with van der Waals surface area (Å²) in [6.45, 7) is 0. The first kappa shape index (κ1) is 8.40. The number of rotatable bonds is 0. The first-order chi connectivity index (χ1) is 2.50. The molecule has 31 valence electrons. The largest absolute Gasteiger partial charge is 0.0698 e. The zero-order valence-electron chi connectivity index (χ0n) is 3.34. The molecule has 0 aromatic carbocycles. The molecule has 0 unspecified atom stereocenters. The summed E-state index contributed by atoms with van der Waals surface area (Å²) in [5.74, 6) is 0. The van der Waals surface area contributed by atoms with Gasteiger partial charge in [-0.3, -0.25) is 0 Å². The van der Waals surface area contributed by atoms with Crippen LogP contribution in [-0.4, -0.2) is 34.6 Å². The summed E-state index contributed by atoms with van der Waals surface area (Å²) in [5.41, 5.74) is 0. The van der Waals surface area contributed by atoms with E-state index in [1.54, 1.807) is 0 Å². The molecule has 1 rings (SSSR count). The van der Waals surface area contributed by atoms with Crippen molar-refractivity contribution in [3.8, 4) is 0 Å². The number of hydrogen-bond acceptors (Lipinski definition) is 4. The van der Waals surface area contributed by atoms with Gasteiger partial charge in [-0.2, -0.15) is 0 Å². The molecule has 0 saturated carbocycles. The van der Waals surface area contributed by atoms with Gasteiger partial charge in [0.1, 0.15) is 0 Å². The van der Waals surface area contributed by atoms with E-state index in [9.17, 15) is 0 Å². The van der Waals surface area contributed by atoms with Crippen molar-refractivity contribution in [1.29, 1.82) is 0 Å². The fourth-order valence-corrected chi connectivity index (χ4v) is 7.95. The topological polar surface area (TPSA) is 0 Å². The average molecular weight is 165 g/mol. The molecule has 0 aromatic heterocycles. The molecule has 0 N–H and O–H groups in total. The third-order valence-electron chi connectivity index (χ3n) is 0.220. The van der Waals surface area contributed by atoms with E-state index in [0.29, 0.717) is 0 Å². The van der Waals surface area contributed by atoms with Crippen LogP contribution in [0.4, 0.5) is 0 Å². The molecule has 1 saturated heterocycles. The van der Waals surface area contributed by atoms with Gasteiger partial charge in [0.15, 0.2) is 0 Å². The summed E-state index contributed by atoms with van der Waals surface area (Å²) in [6, 6.07) is 0. The summed E-state index contributed by atoms with van der Waals surface area (Å²) < 4.78 is 0. The van der Waals surface area contributed by atoms with Crippen molar-refractivity contribution < 1.29 is 0 Å². The van der Waals surface area contributed by atoms with E-state index in [1.165, 1.54) is 5.08 Å². The van der Waals surface area contributed by atoms with E-state index >= 15 is 0 Å².